The Morgan fingerprint density at radius 2 is 1.91 bits per heavy atom. The summed E-state index contributed by atoms with van der Waals surface area (Å²) in [4.78, 5) is 16.4. The maximum Gasteiger partial charge on any atom is 0.222 e. The van der Waals surface area contributed by atoms with Gasteiger partial charge in [0.25, 0.3) is 0 Å². The van der Waals surface area contributed by atoms with Gasteiger partial charge in [-0.2, -0.15) is 0 Å². The number of anilines is 1. The molecule has 0 spiro atoms. The number of hydrogen-bond acceptors (Lipinski definition) is 5. The van der Waals surface area contributed by atoms with E-state index in [0.717, 1.165) is 35.4 Å². The number of hydrogen-bond donors (Lipinski definition) is 3. The molecule has 0 fully saturated rings. The fraction of sp³-hybridized carbons (Fsp3) is 0.312. The molecule has 3 rings (SSSR count). The number of fused-ring (bicyclic) bond motifs is 1. The molecule has 2 heterocycles. The highest BCUT2D eigenvalue weighted by molar-refractivity contribution is 5.74. The summed E-state index contributed by atoms with van der Waals surface area (Å²) >= 11 is 0. The van der Waals surface area contributed by atoms with Crippen LogP contribution in [0.4, 0.5) is 5.95 Å². The third-order valence-electron chi connectivity index (χ3n) is 3.30. The average molecular weight is 296 g/mol. The Kier molecular flexibility index (Phi) is 4.60. The Balaban J connectivity index is 1.52. The van der Waals surface area contributed by atoms with Crippen LogP contribution in [0, 0.1) is 0 Å². The van der Waals surface area contributed by atoms with E-state index in [9.17, 15) is 0 Å². The molecular formula is C16H20N6. The predicted octanol–water partition coefficient (Wildman–Crippen LogP) is 2.46. The zero-order chi connectivity index (χ0) is 15.2. The van der Waals surface area contributed by atoms with Crippen molar-refractivity contribution in [2.45, 2.75) is 26.4 Å². The van der Waals surface area contributed by atoms with Gasteiger partial charge >= 0.3 is 0 Å². The first kappa shape index (κ1) is 14.5. The van der Waals surface area contributed by atoms with Crippen molar-refractivity contribution in [3.8, 4) is 0 Å². The molecule has 1 aromatic carbocycles. The van der Waals surface area contributed by atoms with Gasteiger partial charge in [-0.3, -0.25) is 0 Å². The van der Waals surface area contributed by atoms with Gasteiger partial charge in [-0.15, -0.1) is 0 Å². The van der Waals surface area contributed by atoms with Crippen molar-refractivity contribution in [1.82, 2.24) is 25.3 Å². The third kappa shape index (κ3) is 3.59. The molecule has 2 aromatic heterocycles. The van der Waals surface area contributed by atoms with Crippen molar-refractivity contribution in [2.24, 2.45) is 0 Å². The summed E-state index contributed by atoms with van der Waals surface area (Å²) in [6, 6.07) is 8.03. The SMILES string of the molecule is CCCNc1ncc(CNCc2nc3ccccc3[nH]2)cn1. The fourth-order valence-electron chi connectivity index (χ4n) is 2.19. The van der Waals surface area contributed by atoms with E-state index in [2.05, 4.69) is 37.5 Å². The van der Waals surface area contributed by atoms with Crippen LogP contribution in [0.3, 0.4) is 0 Å². The van der Waals surface area contributed by atoms with Crippen LogP contribution in [0.25, 0.3) is 11.0 Å². The van der Waals surface area contributed by atoms with Crippen molar-refractivity contribution in [3.05, 3.63) is 48.0 Å². The second kappa shape index (κ2) is 7.00. The van der Waals surface area contributed by atoms with E-state index >= 15 is 0 Å². The minimum Gasteiger partial charge on any atom is -0.354 e. The molecule has 0 atom stereocenters. The number of nitrogens with one attached hydrogen (secondary N) is 3. The Morgan fingerprint density at radius 1 is 1.09 bits per heavy atom. The van der Waals surface area contributed by atoms with Crippen LogP contribution in [0.2, 0.25) is 0 Å². The highest BCUT2D eigenvalue weighted by Gasteiger charge is 2.02. The Labute approximate surface area is 129 Å². The van der Waals surface area contributed by atoms with Gasteiger partial charge in [0.05, 0.1) is 17.6 Å². The largest absolute Gasteiger partial charge is 0.354 e. The van der Waals surface area contributed by atoms with E-state index in [1.807, 2.05) is 36.7 Å². The molecule has 0 saturated heterocycles. The van der Waals surface area contributed by atoms with Crippen molar-refractivity contribution >= 4 is 17.0 Å². The van der Waals surface area contributed by atoms with Gasteiger partial charge < -0.3 is 15.6 Å². The Hall–Kier alpha value is -2.47. The second-order valence-electron chi connectivity index (χ2n) is 5.15. The van der Waals surface area contributed by atoms with E-state index in [0.29, 0.717) is 19.0 Å². The lowest BCUT2D eigenvalue weighted by Gasteiger charge is -2.05. The van der Waals surface area contributed by atoms with Gasteiger partial charge in [0.2, 0.25) is 5.95 Å². The predicted molar refractivity (Wildman–Crippen MR) is 87.5 cm³/mol. The molecule has 0 aliphatic heterocycles. The van der Waals surface area contributed by atoms with Crippen molar-refractivity contribution < 1.29 is 0 Å². The molecule has 3 aromatic rings. The zero-order valence-electron chi connectivity index (χ0n) is 12.6. The minimum absolute atomic E-state index is 0.683. The molecule has 0 aliphatic rings. The highest BCUT2D eigenvalue weighted by Crippen LogP contribution is 2.10. The maximum atomic E-state index is 4.53. The molecule has 0 aliphatic carbocycles. The molecule has 3 N–H and O–H groups in total. The summed E-state index contributed by atoms with van der Waals surface area (Å²) in [6.07, 6.45) is 4.75. The standard InChI is InChI=1S/C16H20N6/c1-2-7-18-16-19-9-12(10-20-16)8-17-11-15-21-13-5-3-4-6-14(13)22-15/h3-6,9-10,17H,2,7-8,11H2,1H3,(H,21,22)(H,18,19,20). The van der Waals surface area contributed by atoms with Crippen molar-refractivity contribution in [3.63, 3.8) is 0 Å². The van der Waals surface area contributed by atoms with Crippen LogP contribution < -0.4 is 10.6 Å². The first-order chi connectivity index (χ1) is 10.8. The summed E-state index contributed by atoms with van der Waals surface area (Å²) in [5.74, 6) is 1.62. The molecule has 0 radical (unpaired) electrons. The molecule has 0 bridgehead atoms. The number of aromatic amines is 1. The number of imidazole rings is 1. The van der Waals surface area contributed by atoms with E-state index < -0.39 is 0 Å². The molecule has 114 valence electrons. The zero-order valence-corrected chi connectivity index (χ0v) is 12.6. The quantitative estimate of drug-likeness (QED) is 0.624. The van der Waals surface area contributed by atoms with Crippen LogP contribution in [0.5, 0.6) is 0 Å². The monoisotopic (exact) mass is 296 g/mol. The van der Waals surface area contributed by atoms with E-state index in [1.165, 1.54) is 0 Å². The molecule has 6 heteroatoms. The summed E-state index contributed by atoms with van der Waals surface area (Å²) in [7, 11) is 0. The minimum atomic E-state index is 0.683. The molecular weight excluding hydrogens is 276 g/mol. The number of benzene rings is 1. The van der Waals surface area contributed by atoms with E-state index in [-0.39, 0.29) is 0 Å². The highest BCUT2D eigenvalue weighted by atomic mass is 15.1. The van der Waals surface area contributed by atoms with Gasteiger partial charge in [-0.25, -0.2) is 15.0 Å². The second-order valence-corrected chi connectivity index (χ2v) is 5.15. The molecule has 0 saturated carbocycles. The van der Waals surface area contributed by atoms with Gasteiger partial charge in [0, 0.05) is 31.0 Å². The van der Waals surface area contributed by atoms with E-state index in [4.69, 9.17) is 0 Å². The number of nitrogens with zero attached hydrogens (tertiary/aromatic N) is 3. The lowest BCUT2D eigenvalue weighted by molar-refractivity contribution is 0.667. The Bertz CT molecular complexity index is 686. The van der Waals surface area contributed by atoms with Crippen LogP contribution >= 0.6 is 0 Å². The number of rotatable bonds is 7. The molecule has 22 heavy (non-hydrogen) atoms. The summed E-state index contributed by atoms with van der Waals surface area (Å²) in [6.45, 7) is 4.41. The Morgan fingerprint density at radius 3 is 2.68 bits per heavy atom. The van der Waals surface area contributed by atoms with E-state index in [1.54, 1.807) is 0 Å². The third-order valence-corrected chi connectivity index (χ3v) is 3.30. The van der Waals surface area contributed by atoms with Gasteiger partial charge in [-0.05, 0) is 18.6 Å². The first-order valence-corrected chi connectivity index (χ1v) is 7.54. The van der Waals surface area contributed by atoms with Gasteiger partial charge in [0.1, 0.15) is 5.82 Å². The topological polar surface area (TPSA) is 78.5 Å². The van der Waals surface area contributed by atoms with Crippen LogP contribution in [0.1, 0.15) is 24.7 Å². The van der Waals surface area contributed by atoms with Gasteiger partial charge in [0.15, 0.2) is 0 Å². The van der Waals surface area contributed by atoms with Crippen molar-refractivity contribution in [1.29, 1.82) is 0 Å². The first-order valence-electron chi connectivity index (χ1n) is 7.54. The summed E-state index contributed by atoms with van der Waals surface area (Å²) < 4.78 is 0. The summed E-state index contributed by atoms with van der Waals surface area (Å²) in [5, 5.41) is 6.51. The molecule has 0 amide bonds. The average Bonchev–Trinajstić information content (AvgIpc) is 2.97. The number of H-pyrrole nitrogens is 1. The van der Waals surface area contributed by atoms with Crippen LogP contribution in [-0.2, 0) is 13.1 Å². The smallest absolute Gasteiger partial charge is 0.222 e. The number of para-hydroxylation sites is 2. The maximum absolute atomic E-state index is 4.53. The number of aromatic nitrogens is 4. The van der Waals surface area contributed by atoms with Crippen LogP contribution in [-0.4, -0.2) is 26.5 Å². The van der Waals surface area contributed by atoms with Crippen molar-refractivity contribution in [2.75, 3.05) is 11.9 Å². The van der Waals surface area contributed by atoms with Gasteiger partial charge in [-0.1, -0.05) is 19.1 Å². The van der Waals surface area contributed by atoms with Crippen LogP contribution in [0.15, 0.2) is 36.7 Å². The molecule has 6 nitrogen and oxygen atoms in total. The normalized spacial score (nSPS) is 11.0. The summed E-state index contributed by atoms with van der Waals surface area (Å²) in [5.41, 5.74) is 3.11. The lowest BCUT2D eigenvalue weighted by Crippen LogP contribution is -2.14. The fourth-order valence-corrected chi connectivity index (χ4v) is 2.19. The molecule has 0 unspecified atom stereocenters. The lowest BCUT2D eigenvalue weighted by atomic mass is 10.3.